The second-order valence-electron chi connectivity index (χ2n) is 5.70. The number of fused-ring (bicyclic) bond motifs is 1. The fourth-order valence-corrected chi connectivity index (χ4v) is 3.71. The third-order valence-electron chi connectivity index (χ3n) is 3.83. The normalized spacial score (nSPS) is 17.2. The number of hydrogen-bond acceptors (Lipinski definition) is 4. The van der Waals surface area contributed by atoms with Crippen LogP contribution in [0.2, 0.25) is 0 Å². The summed E-state index contributed by atoms with van der Waals surface area (Å²) in [6, 6.07) is 1.68. The van der Waals surface area contributed by atoms with Gasteiger partial charge in [-0.15, -0.1) is 0 Å². The van der Waals surface area contributed by atoms with Gasteiger partial charge in [0.1, 0.15) is 0 Å². The van der Waals surface area contributed by atoms with Gasteiger partial charge in [-0.1, -0.05) is 6.42 Å². The molecule has 1 unspecified atom stereocenters. The van der Waals surface area contributed by atoms with Crippen LogP contribution in [0.15, 0.2) is 11.1 Å². The van der Waals surface area contributed by atoms with Crippen molar-refractivity contribution in [3.63, 3.8) is 0 Å². The average Bonchev–Trinajstić information content (AvgIpc) is 2.58. The fraction of sp³-hybridized carbons (Fsp3) is 0.500. The standard InChI is InChI=1S/C14H20N4O4S.Na.H/c1-8-11(13(19)18-14(15)16)6-9-4-2-3-5-10(12(9)17-8)7-23(20,21)22;;/h6,10H,2-5,7H2,1H3,(H,20,21,22)(H4,15,16,18,19);;/q;+1;-1. The number of hydrogen-bond donors (Lipinski definition) is 3. The summed E-state index contributed by atoms with van der Waals surface area (Å²) in [6.07, 6.45) is 3.00. The number of aryl methyl sites for hydroxylation is 2. The summed E-state index contributed by atoms with van der Waals surface area (Å²) in [5.41, 5.74) is 12.6. The Hall–Kier alpha value is -1.00. The number of pyridine rings is 1. The first-order valence-corrected chi connectivity index (χ1v) is 8.88. The molecule has 24 heavy (non-hydrogen) atoms. The van der Waals surface area contributed by atoms with Gasteiger partial charge in [-0.3, -0.25) is 14.3 Å². The number of nitrogens with zero attached hydrogens (tertiary/aromatic N) is 2. The molecule has 0 radical (unpaired) electrons. The van der Waals surface area contributed by atoms with Crippen LogP contribution >= 0.6 is 0 Å². The Morgan fingerprint density at radius 3 is 2.71 bits per heavy atom. The van der Waals surface area contributed by atoms with Crippen LogP contribution in [0.4, 0.5) is 0 Å². The Labute approximate surface area is 164 Å². The molecule has 1 atom stereocenters. The SMILES string of the molecule is Cc1nc2c(cc1C(=O)N=C(N)N)CCCCC2CS(=O)(=O)O.[H-].[Na+]. The van der Waals surface area contributed by atoms with E-state index in [1.165, 1.54) is 0 Å². The third kappa shape index (κ3) is 5.52. The molecule has 0 spiro atoms. The van der Waals surface area contributed by atoms with Gasteiger partial charge in [0.2, 0.25) is 0 Å². The maximum Gasteiger partial charge on any atom is 1.00 e. The summed E-state index contributed by atoms with van der Waals surface area (Å²) >= 11 is 0. The smallest absolute Gasteiger partial charge is 1.00 e. The molecule has 1 amide bonds. The third-order valence-corrected chi connectivity index (χ3v) is 4.66. The minimum atomic E-state index is -4.10. The van der Waals surface area contributed by atoms with Crippen molar-refractivity contribution in [2.24, 2.45) is 16.5 Å². The van der Waals surface area contributed by atoms with Gasteiger partial charge in [-0.2, -0.15) is 13.4 Å². The number of carbonyl (C=O) groups is 1. The molecule has 0 saturated heterocycles. The molecule has 1 aromatic heterocycles. The molecule has 0 fully saturated rings. The zero-order valence-electron chi connectivity index (χ0n) is 14.8. The van der Waals surface area contributed by atoms with Crippen LogP contribution in [0.25, 0.3) is 0 Å². The van der Waals surface area contributed by atoms with Crippen molar-refractivity contribution >= 4 is 22.0 Å². The van der Waals surface area contributed by atoms with E-state index in [0.29, 0.717) is 29.8 Å². The van der Waals surface area contributed by atoms with Crippen LogP contribution in [0, 0.1) is 6.92 Å². The van der Waals surface area contributed by atoms with Crippen LogP contribution < -0.4 is 41.0 Å². The van der Waals surface area contributed by atoms with Crippen molar-refractivity contribution in [2.75, 3.05) is 5.75 Å². The molecule has 2 rings (SSSR count). The van der Waals surface area contributed by atoms with Gasteiger partial charge < -0.3 is 12.9 Å². The number of aromatic nitrogens is 1. The first-order valence-electron chi connectivity index (χ1n) is 7.27. The number of carbonyl (C=O) groups excluding carboxylic acids is 1. The topological polar surface area (TPSA) is 149 Å². The number of amides is 1. The molecule has 5 N–H and O–H groups in total. The monoisotopic (exact) mass is 364 g/mol. The molecule has 0 aliphatic heterocycles. The quantitative estimate of drug-likeness (QED) is 0.178. The molecule has 1 aliphatic rings. The van der Waals surface area contributed by atoms with Crippen LogP contribution in [-0.4, -0.2) is 35.6 Å². The van der Waals surface area contributed by atoms with E-state index in [1.807, 2.05) is 0 Å². The van der Waals surface area contributed by atoms with Crippen LogP contribution in [0.3, 0.4) is 0 Å². The zero-order valence-corrected chi connectivity index (χ0v) is 16.6. The van der Waals surface area contributed by atoms with Crippen molar-refractivity contribution in [1.29, 1.82) is 0 Å². The predicted octanol–water partition coefficient (Wildman–Crippen LogP) is -2.38. The molecule has 0 aromatic carbocycles. The molecule has 1 aliphatic carbocycles. The molecular weight excluding hydrogens is 343 g/mol. The van der Waals surface area contributed by atoms with Gasteiger partial charge in [-0.05, 0) is 37.8 Å². The number of nitrogens with two attached hydrogens (primary N) is 2. The molecule has 1 heterocycles. The number of rotatable bonds is 3. The van der Waals surface area contributed by atoms with Gasteiger partial charge in [0, 0.05) is 11.6 Å². The van der Waals surface area contributed by atoms with E-state index in [4.69, 9.17) is 16.0 Å². The molecule has 8 nitrogen and oxygen atoms in total. The van der Waals surface area contributed by atoms with E-state index in [-0.39, 0.29) is 48.6 Å². The van der Waals surface area contributed by atoms with Crippen LogP contribution in [-0.2, 0) is 16.5 Å². The maximum atomic E-state index is 12.0. The van der Waals surface area contributed by atoms with Crippen molar-refractivity contribution < 1.29 is 48.7 Å². The van der Waals surface area contributed by atoms with Gasteiger partial charge in [0.05, 0.1) is 17.0 Å². The molecule has 0 saturated carbocycles. The van der Waals surface area contributed by atoms with Crippen molar-refractivity contribution in [2.45, 2.75) is 38.5 Å². The number of aliphatic imine (C=N–C) groups is 1. The number of guanidine groups is 1. The largest absolute Gasteiger partial charge is 1.00 e. The maximum absolute atomic E-state index is 12.0. The van der Waals surface area contributed by atoms with Crippen molar-refractivity contribution in [3.05, 3.63) is 28.6 Å². The fourth-order valence-electron chi connectivity index (χ4n) is 2.87. The summed E-state index contributed by atoms with van der Waals surface area (Å²) in [5.74, 6) is -1.65. The van der Waals surface area contributed by atoms with Crippen LogP contribution in [0.1, 0.15) is 53.9 Å². The Bertz CT molecular complexity index is 766. The Kier molecular flexibility index (Phi) is 7.36. The van der Waals surface area contributed by atoms with Gasteiger partial charge in [-0.25, -0.2) is 0 Å². The first-order chi connectivity index (χ1) is 10.7. The van der Waals surface area contributed by atoms with Gasteiger partial charge >= 0.3 is 29.6 Å². The second kappa shape index (κ2) is 8.39. The van der Waals surface area contributed by atoms with Gasteiger partial charge in [0.25, 0.3) is 16.0 Å². The minimum Gasteiger partial charge on any atom is -1.00 e. The molecule has 10 heteroatoms. The van der Waals surface area contributed by atoms with E-state index >= 15 is 0 Å². The van der Waals surface area contributed by atoms with Crippen molar-refractivity contribution in [1.82, 2.24) is 4.98 Å². The summed E-state index contributed by atoms with van der Waals surface area (Å²) in [7, 11) is -4.10. The van der Waals surface area contributed by atoms with Crippen molar-refractivity contribution in [3.8, 4) is 0 Å². The van der Waals surface area contributed by atoms with E-state index in [9.17, 15) is 13.2 Å². The Morgan fingerprint density at radius 2 is 2.12 bits per heavy atom. The second-order valence-corrected chi connectivity index (χ2v) is 7.20. The minimum absolute atomic E-state index is 0. The molecule has 0 bridgehead atoms. The zero-order chi connectivity index (χ0) is 17.2. The Balaban J connectivity index is 0.00000288. The molecule has 1 aromatic rings. The molecular formula is C14H21N4NaO4S. The first kappa shape index (κ1) is 21.0. The average molecular weight is 364 g/mol. The van der Waals surface area contributed by atoms with E-state index < -0.39 is 16.0 Å². The van der Waals surface area contributed by atoms with E-state index in [1.54, 1.807) is 13.0 Å². The van der Waals surface area contributed by atoms with E-state index in [2.05, 4.69) is 9.98 Å². The van der Waals surface area contributed by atoms with Crippen LogP contribution in [0.5, 0.6) is 0 Å². The van der Waals surface area contributed by atoms with E-state index in [0.717, 1.165) is 18.4 Å². The summed E-state index contributed by atoms with van der Waals surface area (Å²) in [6.45, 7) is 1.64. The predicted molar refractivity (Wildman–Crippen MR) is 86.9 cm³/mol. The molecule has 128 valence electrons. The summed E-state index contributed by atoms with van der Waals surface area (Å²) < 4.78 is 31.6. The summed E-state index contributed by atoms with van der Waals surface area (Å²) in [5, 5.41) is 0. The Morgan fingerprint density at radius 1 is 1.46 bits per heavy atom. The van der Waals surface area contributed by atoms with Gasteiger partial charge in [0.15, 0.2) is 5.96 Å². The summed E-state index contributed by atoms with van der Waals surface area (Å²) in [4.78, 5) is 20.0.